The Morgan fingerprint density at radius 1 is 1.25 bits per heavy atom. The number of nitrogens with zero attached hydrogens (tertiary/aromatic N) is 2. The van der Waals surface area contributed by atoms with Gasteiger partial charge in [0.1, 0.15) is 12.0 Å². The van der Waals surface area contributed by atoms with E-state index < -0.39 is 6.17 Å². The second-order valence-electron chi connectivity index (χ2n) is 5.25. The zero-order chi connectivity index (χ0) is 11.2. The van der Waals surface area contributed by atoms with Crippen LogP contribution in [0.2, 0.25) is 0 Å². The van der Waals surface area contributed by atoms with E-state index in [1.165, 1.54) is 0 Å². The van der Waals surface area contributed by atoms with E-state index in [1.54, 1.807) is 12.4 Å². The molecular formula is C12H16FN3. The lowest BCUT2D eigenvalue weighted by Crippen LogP contribution is -2.53. The standard InChI is InChI=1S/C12H16FN3/c1-8-11(15-3-2-14-8)16-10-6-12(7-10)4-9(13)5-12/h2-3,9-10H,4-7H2,1H3,(H,15,16). The molecule has 86 valence electrons. The first-order valence-electron chi connectivity index (χ1n) is 5.85. The molecule has 1 aromatic heterocycles. The van der Waals surface area contributed by atoms with E-state index in [-0.39, 0.29) is 0 Å². The Bertz CT molecular complexity index is 393. The van der Waals surface area contributed by atoms with Crippen LogP contribution in [0.4, 0.5) is 10.2 Å². The molecule has 1 spiro atoms. The van der Waals surface area contributed by atoms with Crippen molar-refractivity contribution in [1.29, 1.82) is 0 Å². The maximum atomic E-state index is 12.8. The zero-order valence-electron chi connectivity index (χ0n) is 9.41. The molecule has 0 radical (unpaired) electrons. The fourth-order valence-electron chi connectivity index (χ4n) is 3.04. The minimum absolute atomic E-state index is 0.327. The highest BCUT2D eigenvalue weighted by atomic mass is 19.1. The summed E-state index contributed by atoms with van der Waals surface area (Å²) in [5.74, 6) is 0.874. The average molecular weight is 221 g/mol. The summed E-state index contributed by atoms with van der Waals surface area (Å²) < 4.78 is 12.8. The number of anilines is 1. The molecule has 3 rings (SSSR count). The number of alkyl halides is 1. The molecule has 0 unspecified atom stereocenters. The normalized spacial score (nSPS) is 36.6. The highest BCUT2D eigenvalue weighted by Gasteiger charge is 2.53. The summed E-state index contributed by atoms with van der Waals surface area (Å²) in [6.07, 6.45) is 6.56. The summed E-state index contributed by atoms with van der Waals surface area (Å²) in [6.45, 7) is 1.95. The molecule has 2 fully saturated rings. The van der Waals surface area contributed by atoms with E-state index in [0.29, 0.717) is 11.5 Å². The third-order valence-corrected chi connectivity index (χ3v) is 3.89. The predicted octanol–water partition coefficient (Wildman–Crippen LogP) is 2.48. The van der Waals surface area contributed by atoms with Crippen molar-refractivity contribution in [3.63, 3.8) is 0 Å². The van der Waals surface area contributed by atoms with Crippen molar-refractivity contribution < 1.29 is 4.39 Å². The second kappa shape index (κ2) is 3.40. The van der Waals surface area contributed by atoms with Gasteiger partial charge in [0.05, 0.1) is 5.69 Å². The third kappa shape index (κ3) is 1.56. The maximum Gasteiger partial charge on any atom is 0.147 e. The van der Waals surface area contributed by atoms with Gasteiger partial charge in [-0.05, 0) is 38.0 Å². The van der Waals surface area contributed by atoms with Crippen molar-refractivity contribution in [2.75, 3.05) is 5.32 Å². The summed E-state index contributed by atoms with van der Waals surface area (Å²) in [6, 6.07) is 0.461. The van der Waals surface area contributed by atoms with Gasteiger partial charge < -0.3 is 5.32 Å². The average Bonchev–Trinajstić information content (AvgIpc) is 2.15. The molecule has 1 N–H and O–H groups in total. The van der Waals surface area contributed by atoms with Gasteiger partial charge >= 0.3 is 0 Å². The third-order valence-electron chi connectivity index (χ3n) is 3.89. The minimum atomic E-state index is -0.542. The van der Waals surface area contributed by atoms with Gasteiger partial charge in [-0.15, -0.1) is 0 Å². The molecule has 3 nitrogen and oxygen atoms in total. The summed E-state index contributed by atoms with van der Waals surface area (Å²) in [5, 5.41) is 3.39. The number of aryl methyl sites for hydroxylation is 1. The number of halogens is 1. The van der Waals surface area contributed by atoms with Crippen molar-refractivity contribution >= 4 is 5.82 Å². The lowest BCUT2D eigenvalue weighted by Gasteiger charge is -2.55. The molecule has 0 atom stereocenters. The molecule has 2 saturated carbocycles. The number of nitrogens with one attached hydrogen (secondary N) is 1. The number of rotatable bonds is 2. The minimum Gasteiger partial charge on any atom is -0.366 e. The van der Waals surface area contributed by atoms with Crippen molar-refractivity contribution in [1.82, 2.24) is 9.97 Å². The zero-order valence-corrected chi connectivity index (χ0v) is 9.41. The molecule has 16 heavy (non-hydrogen) atoms. The molecule has 4 heteroatoms. The number of hydrogen-bond donors (Lipinski definition) is 1. The van der Waals surface area contributed by atoms with Crippen LogP contribution in [-0.4, -0.2) is 22.2 Å². The van der Waals surface area contributed by atoms with Crippen LogP contribution in [0.1, 0.15) is 31.4 Å². The Balaban J connectivity index is 1.57. The lowest BCUT2D eigenvalue weighted by molar-refractivity contribution is -0.0482. The van der Waals surface area contributed by atoms with Crippen molar-refractivity contribution in [2.45, 2.75) is 44.8 Å². The smallest absolute Gasteiger partial charge is 0.147 e. The van der Waals surface area contributed by atoms with Crippen LogP contribution < -0.4 is 5.32 Å². The second-order valence-corrected chi connectivity index (χ2v) is 5.25. The first-order chi connectivity index (χ1) is 7.67. The van der Waals surface area contributed by atoms with Crippen LogP contribution in [0.25, 0.3) is 0 Å². The Morgan fingerprint density at radius 3 is 2.56 bits per heavy atom. The van der Waals surface area contributed by atoms with Crippen LogP contribution in [0.15, 0.2) is 12.4 Å². The lowest BCUT2D eigenvalue weighted by atomic mass is 9.53. The molecular weight excluding hydrogens is 205 g/mol. The predicted molar refractivity (Wildman–Crippen MR) is 60.0 cm³/mol. The van der Waals surface area contributed by atoms with Gasteiger partial charge in [-0.25, -0.2) is 9.37 Å². The fraction of sp³-hybridized carbons (Fsp3) is 0.667. The van der Waals surface area contributed by atoms with Crippen molar-refractivity contribution in [2.24, 2.45) is 5.41 Å². The molecule has 2 aliphatic carbocycles. The Kier molecular flexibility index (Phi) is 2.13. The maximum absolute atomic E-state index is 12.8. The topological polar surface area (TPSA) is 37.8 Å². The molecule has 1 heterocycles. The highest BCUT2D eigenvalue weighted by molar-refractivity contribution is 5.40. The van der Waals surface area contributed by atoms with Crippen LogP contribution in [0.5, 0.6) is 0 Å². The quantitative estimate of drug-likeness (QED) is 0.833. The molecule has 0 bridgehead atoms. The first-order valence-corrected chi connectivity index (χ1v) is 5.85. The van der Waals surface area contributed by atoms with E-state index >= 15 is 0 Å². The van der Waals surface area contributed by atoms with Gasteiger partial charge in [0.25, 0.3) is 0 Å². The largest absolute Gasteiger partial charge is 0.366 e. The van der Waals surface area contributed by atoms with Gasteiger partial charge in [-0.3, -0.25) is 4.98 Å². The number of hydrogen-bond acceptors (Lipinski definition) is 3. The molecule has 1 aromatic rings. The SMILES string of the molecule is Cc1nccnc1NC1CC2(CC(F)C2)C1. The number of aromatic nitrogens is 2. The van der Waals surface area contributed by atoms with Gasteiger partial charge in [-0.2, -0.15) is 0 Å². The van der Waals surface area contributed by atoms with Crippen molar-refractivity contribution in [3.8, 4) is 0 Å². The van der Waals surface area contributed by atoms with Gasteiger partial charge in [0.15, 0.2) is 0 Å². The van der Waals surface area contributed by atoms with E-state index in [1.807, 2.05) is 6.92 Å². The molecule has 0 saturated heterocycles. The highest BCUT2D eigenvalue weighted by Crippen LogP contribution is 2.57. The monoisotopic (exact) mass is 221 g/mol. The Labute approximate surface area is 94.5 Å². The summed E-state index contributed by atoms with van der Waals surface area (Å²) >= 11 is 0. The Morgan fingerprint density at radius 2 is 1.94 bits per heavy atom. The first kappa shape index (κ1) is 10.00. The van der Waals surface area contributed by atoms with Crippen LogP contribution >= 0.6 is 0 Å². The van der Waals surface area contributed by atoms with Gasteiger partial charge in [-0.1, -0.05) is 0 Å². The van der Waals surface area contributed by atoms with Crippen LogP contribution in [-0.2, 0) is 0 Å². The fourth-order valence-corrected chi connectivity index (χ4v) is 3.04. The van der Waals surface area contributed by atoms with Crippen LogP contribution in [0.3, 0.4) is 0 Å². The Hall–Kier alpha value is -1.19. The van der Waals surface area contributed by atoms with Crippen LogP contribution in [0, 0.1) is 12.3 Å². The van der Waals surface area contributed by atoms with Gasteiger partial charge in [0.2, 0.25) is 0 Å². The van der Waals surface area contributed by atoms with Crippen molar-refractivity contribution in [3.05, 3.63) is 18.1 Å². The molecule has 2 aliphatic rings. The van der Waals surface area contributed by atoms with E-state index in [0.717, 1.165) is 37.2 Å². The summed E-state index contributed by atoms with van der Waals surface area (Å²) in [7, 11) is 0. The molecule has 0 amide bonds. The molecule has 0 aliphatic heterocycles. The van der Waals surface area contributed by atoms with E-state index in [4.69, 9.17) is 0 Å². The van der Waals surface area contributed by atoms with Gasteiger partial charge in [0, 0.05) is 18.4 Å². The summed E-state index contributed by atoms with van der Waals surface area (Å²) in [5.41, 5.74) is 1.26. The summed E-state index contributed by atoms with van der Waals surface area (Å²) in [4.78, 5) is 8.45. The van der Waals surface area contributed by atoms with E-state index in [2.05, 4.69) is 15.3 Å². The van der Waals surface area contributed by atoms with E-state index in [9.17, 15) is 4.39 Å². The molecule has 0 aromatic carbocycles.